The Morgan fingerprint density at radius 2 is 1.86 bits per heavy atom. The van der Waals surface area contributed by atoms with Gasteiger partial charge in [-0.05, 0) is 12.1 Å². The molecule has 0 radical (unpaired) electrons. The largest absolute Gasteiger partial charge is 0.419 e. The first-order valence-electron chi connectivity index (χ1n) is 4.75. The Hall–Kier alpha value is -1.51. The van der Waals surface area contributed by atoms with E-state index in [1.54, 1.807) is 13.1 Å². The molecule has 0 spiro atoms. The fourth-order valence-electron chi connectivity index (χ4n) is 1.08. The van der Waals surface area contributed by atoms with Crippen LogP contribution in [0.25, 0.3) is 11.1 Å². The van der Waals surface area contributed by atoms with Gasteiger partial charge in [0.25, 0.3) is 0 Å². The van der Waals surface area contributed by atoms with Gasteiger partial charge in [-0.1, -0.05) is 32.4 Å². The van der Waals surface area contributed by atoms with Crippen LogP contribution in [0.2, 0.25) is 0 Å². The summed E-state index contributed by atoms with van der Waals surface area (Å²) in [5.41, 5.74) is 1.47. The molecule has 0 saturated carbocycles. The van der Waals surface area contributed by atoms with Crippen LogP contribution in [0.4, 0.5) is 0 Å². The summed E-state index contributed by atoms with van der Waals surface area (Å²) in [5.74, 6) is -0.314. The topological polar surface area (TPSA) is 35.1 Å². The molecule has 0 aliphatic rings. The molecule has 1 aromatic heterocycles. The maximum Gasteiger partial charge on any atom is 0.419 e. The third kappa shape index (κ3) is 2.05. The van der Waals surface area contributed by atoms with E-state index in [4.69, 9.17) is 4.42 Å². The van der Waals surface area contributed by atoms with Crippen molar-refractivity contribution in [3.8, 4) is 0 Å². The summed E-state index contributed by atoms with van der Waals surface area (Å²) in [4.78, 5) is 10.9. The summed E-state index contributed by atoms with van der Waals surface area (Å²) >= 11 is 0. The van der Waals surface area contributed by atoms with Gasteiger partial charge in [-0.15, -0.1) is 0 Å². The lowest BCUT2D eigenvalue weighted by Crippen LogP contribution is -2.08. The van der Waals surface area contributed by atoms with Crippen LogP contribution in [-0.4, -0.2) is 4.57 Å². The monoisotopic (exact) mass is 193 g/mol. The lowest BCUT2D eigenvalue weighted by molar-refractivity contribution is 0.528. The van der Waals surface area contributed by atoms with E-state index in [1.807, 2.05) is 18.2 Å². The Kier molecular flexibility index (Phi) is 3.51. The third-order valence-corrected chi connectivity index (χ3v) is 1.70. The van der Waals surface area contributed by atoms with Crippen LogP contribution in [0.3, 0.4) is 0 Å². The van der Waals surface area contributed by atoms with Gasteiger partial charge in [0.1, 0.15) is 0 Å². The van der Waals surface area contributed by atoms with Crippen molar-refractivity contribution in [3.05, 3.63) is 34.8 Å². The molecule has 1 aromatic carbocycles. The third-order valence-electron chi connectivity index (χ3n) is 1.70. The highest BCUT2D eigenvalue weighted by Crippen LogP contribution is 2.09. The van der Waals surface area contributed by atoms with Crippen molar-refractivity contribution < 1.29 is 4.42 Å². The molecule has 0 atom stereocenters. The second kappa shape index (κ2) is 4.65. The number of oxazole rings is 1. The molecule has 0 bridgehead atoms. The van der Waals surface area contributed by atoms with Gasteiger partial charge < -0.3 is 4.42 Å². The van der Waals surface area contributed by atoms with Crippen molar-refractivity contribution in [1.29, 1.82) is 0 Å². The van der Waals surface area contributed by atoms with Crippen molar-refractivity contribution in [1.82, 2.24) is 4.57 Å². The first kappa shape index (κ1) is 10.6. The Morgan fingerprint density at radius 3 is 2.43 bits per heavy atom. The van der Waals surface area contributed by atoms with Gasteiger partial charge in [0.05, 0.1) is 5.52 Å². The second-order valence-electron chi connectivity index (χ2n) is 3.10. The zero-order valence-corrected chi connectivity index (χ0v) is 8.78. The zero-order valence-electron chi connectivity index (χ0n) is 8.78. The summed E-state index contributed by atoms with van der Waals surface area (Å²) < 4.78 is 6.39. The number of hydrogen-bond acceptors (Lipinski definition) is 2. The normalized spacial score (nSPS) is 9.64. The molecule has 3 nitrogen and oxygen atoms in total. The van der Waals surface area contributed by atoms with Crippen LogP contribution in [-0.2, 0) is 7.05 Å². The van der Waals surface area contributed by atoms with Crippen LogP contribution in [0.1, 0.15) is 20.3 Å². The standard InChI is InChI=1S/C8H7NO2.C3H8/c1-9-6-4-2-3-5-7(6)11-8(9)10;1-3-2/h2-5H,1H3;3H2,1-2H3. The van der Waals surface area contributed by atoms with Gasteiger partial charge in [-0.2, -0.15) is 0 Å². The predicted octanol–water partition coefficient (Wildman–Crippen LogP) is 2.55. The van der Waals surface area contributed by atoms with E-state index in [1.165, 1.54) is 11.0 Å². The molecule has 2 aromatic rings. The van der Waals surface area contributed by atoms with Crippen LogP contribution in [0.15, 0.2) is 33.5 Å². The van der Waals surface area contributed by atoms with Gasteiger partial charge >= 0.3 is 5.76 Å². The first-order chi connectivity index (χ1) is 6.70. The number of aromatic nitrogens is 1. The fourth-order valence-corrected chi connectivity index (χ4v) is 1.08. The van der Waals surface area contributed by atoms with E-state index in [0.29, 0.717) is 5.58 Å². The van der Waals surface area contributed by atoms with Crippen molar-refractivity contribution in [2.45, 2.75) is 20.3 Å². The van der Waals surface area contributed by atoms with Gasteiger partial charge in [-0.3, -0.25) is 4.57 Å². The average molecular weight is 193 g/mol. The molecule has 0 fully saturated rings. The summed E-state index contributed by atoms with van der Waals surface area (Å²) in [6, 6.07) is 7.33. The number of para-hydroxylation sites is 2. The van der Waals surface area contributed by atoms with Gasteiger partial charge in [0.2, 0.25) is 0 Å². The Labute approximate surface area is 83.0 Å². The Bertz CT molecular complexity index is 454. The van der Waals surface area contributed by atoms with E-state index in [2.05, 4.69) is 13.8 Å². The van der Waals surface area contributed by atoms with E-state index in [0.717, 1.165) is 5.52 Å². The molecule has 2 rings (SSSR count). The lowest BCUT2D eigenvalue weighted by atomic mass is 10.3. The van der Waals surface area contributed by atoms with Gasteiger partial charge in [0, 0.05) is 7.05 Å². The fraction of sp³-hybridized carbons (Fsp3) is 0.364. The predicted molar refractivity (Wildman–Crippen MR) is 57.4 cm³/mol. The van der Waals surface area contributed by atoms with E-state index < -0.39 is 0 Å². The summed E-state index contributed by atoms with van der Waals surface area (Å²) in [6.07, 6.45) is 1.25. The van der Waals surface area contributed by atoms with Crippen LogP contribution in [0.5, 0.6) is 0 Å². The number of fused-ring (bicyclic) bond motifs is 1. The van der Waals surface area contributed by atoms with Gasteiger partial charge in [0.15, 0.2) is 5.58 Å². The van der Waals surface area contributed by atoms with Gasteiger partial charge in [-0.25, -0.2) is 4.79 Å². The van der Waals surface area contributed by atoms with Crippen molar-refractivity contribution in [2.24, 2.45) is 7.05 Å². The van der Waals surface area contributed by atoms with Crippen LogP contribution in [0, 0.1) is 0 Å². The molecule has 0 unspecified atom stereocenters. The minimum absolute atomic E-state index is 0.314. The second-order valence-corrected chi connectivity index (χ2v) is 3.10. The first-order valence-corrected chi connectivity index (χ1v) is 4.75. The maximum atomic E-state index is 10.9. The summed E-state index contributed by atoms with van der Waals surface area (Å²) in [6.45, 7) is 4.25. The molecule has 76 valence electrons. The van der Waals surface area contributed by atoms with Crippen molar-refractivity contribution >= 4 is 11.1 Å². The molecule has 0 amide bonds. The molecule has 3 heteroatoms. The Morgan fingerprint density at radius 1 is 1.29 bits per heavy atom. The smallest absolute Gasteiger partial charge is 0.408 e. The molecule has 0 N–H and O–H groups in total. The number of hydrogen-bond donors (Lipinski definition) is 0. The average Bonchev–Trinajstić information content (AvgIpc) is 2.45. The van der Waals surface area contributed by atoms with Crippen molar-refractivity contribution in [2.75, 3.05) is 0 Å². The van der Waals surface area contributed by atoms with E-state index >= 15 is 0 Å². The SMILES string of the molecule is CCC.Cn1c(=O)oc2ccccc21. The molecule has 1 heterocycles. The maximum absolute atomic E-state index is 10.9. The number of rotatable bonds is 0. The van der Waals surface area contributed by atoms with Crippen molar-refractivity contribution in [3.63, 3.8) is 0 Å². The Balaban J connectivity index is 0.000000293. The highest BCUT2D eigenvalue weighted by Gasteiger charge is 2.01. The molecular weight excluding hydrogens is 178 g/mol. The minimum Gasteiger partial charge on any atom is -0.408 e. The number of aryl methyl sites for hydroxylation is 1. The molecule has 14 heavy (non-hydrogen) atoms. The number of nitrogens with zero attached hydrogens (tertiary/aromatic N) is 1. The minimum atomic E-state index is -0.314. The molecule has 0 aliphatic carbocycles. The molecule has 0 aliphatic heterocycles. The quantitative estimate of drug-likeness (QED) is 0.644. The lowest BCUT2D eigenvalue weighted by Gasteiger charge is -1.87. The van der Waals surface area contributed by atoms with E-state index in [9.17, 15) is 4.79 Å². The van der Waals surface area contributed by atoms with Crippen LogP contribution >= 0.6 is 0 Å². The van der Waals surface area contributed by atoms with E-state index in [-0.39, 0.29) is 5.76 Å². The zero-order chi connectivity index (χ0) is 10.6. The highest BCUT2D eigenvalue weighted by atomic mass is 16.4. The molecule has 0 saturated heterocycles. The number of benzene rings is 1. The van der Waals surface area contributed by atoms with Crippen LogP contribution < -0.4 is 5.76 Å². The summed E-state index contributed by atoms with van der Waals surface area (Å²) in [5, 5.41) is 0. The summed E-state index contributed by atoms with van der Waals surface area (Å²) in [7, 11) is 1.69. The molecular formula is C11H15NO2. The highest BCUT2D eigenvalue weighted by molar-refractivity contribution is 5.72.